The average Bonchev–Trinajstić information content (AvgIpc) is 3.36. The minimum atomic E-state index is -0.523. The molecule has 0 radical (unpaired) electrons. The van der Waals surface area contributed by atoms with Crippen LogP contribution in [0.25, 0.3) is 0 Å². The highest BCUT2D eigenvalue weighted by Crippen LogP contribution is 2.37. The molecule has 2 amide bonds. The van der Waals surface area contributed by atoms with Crippen LogP contribution in [0.15, 0.2) is 57.1 Å². The summed E-state index contributed by atoms with van der Waals surface area (Å²) in [6.07, 6.45) is -0.490. The number of nitro groups is 1. The molecular weight excluding hydrogens is 440 g/mol. The molecule has 0 atom stereocenters. The molecule has 2 aromatic carbocycles. The quantitative estimate of drug-likeness (QED) is 0.421. The Hall–Kier alpha value is -3.44. The minimum absolute atomic E-state index is 0.130. The van der Waals surface area contributed by atoms with Gasteiger partial charge in [-0.1, -0.05) is 23.9 Å². The molecule has 3 aromatic rings. The maximum absolute atomic E-state index is 12.8. The number of aromatic nitrogens is 1. The van der Waals surface area contributed by atoms with E-state index < -0.39 is 16.9 Å². The van der Waals surface area contributed by atoms with Gasteiger partial charge in [0.1, 0.15) is 6.61 Å². The van der Waals surface area contributed by atoms with Gasteiger partial charge in [-0.25, -0.2) is 9.78 Å². The molecule has 0 bridgehead atoms. The molecule has 0 aliphatic carbocycles. The molecule has 31 heavy (non-hydrogen) atoms. The molecule has 1 aromatic heterocycles. The summed E-state index contributed by atoms with van der Waals surface area (Å²) in [5.74, 6) is -0.523. The summed E-state index contributed by atoms with van der Waals surface area (Å²) in [5, 5.41) is 16.2. The Morgan fingerprint density at radius 2 is 2.13 bits per heavy atom. The lowest BCUT2D eigenvalue weighted by Gasteiger charge is -2.17. The number of hydrogen-bond donors (Lipinski definition) is 1. The first-order valence-electron chi connectivity index (χ1n) is 9.15. The zero-order valence-electron chi connectivity index (χ0n) is 16.2. The SMILES string of the molecule is Cc1csc(Sc2ccc(C(=O)Nc3ccccc3N3CCOC3=O)cc2[N+](=O)[O-])n1. The van der Waals surface area contributed by atoms with Gasteiger partial charge in [0.2, 0.25) is 0 Å². The molecule has 0 unspecified atom stereocenters. The lowest BCUT2D eigenvalue weighted by Crippen LogP contribution is -2.25. The molecule has 9 nitrogen and oxygen atoms in total. The minimum Gasteiger partial charge on any atom is -0.447 e. The summed E-state index contributed by atoms with van der Waals surface area (Å²) in [6, 6.07) is 11.1. The van der Waals surface area contributed by atoms with E-state index in [1.165, 1.54) is 46.2 Å². The molecule has 1 N–H and O–H groups in total. The van der Waals surface area contributed by atoms with Crippen LogP contribution in [0.4, 0.5) is 21.9 Å². The third-order valence-electron chi connectivity index (χ3n) is 4.42. The maximum atomic E-state index is 12.8. The lowest BCUT2D eigenvalue weighted by molar-refractivity contribution is -0.387. The van der Waals surface area contributed by atoms with E-state index >= 15 is 0 Å². The van der Waals surface area contributed by atoms with Gasteiger partial charge in [0.15, 0.2) is 4.34 Å². The number of nitrogens with zero attached hydrogens (tertiary/aromatic N) is 3. The molecule has 0 saturated carbocycles. The van der Waals surface area contributed by atoms with Crippen LogP contribution in [0, 0.1) is 17.0 Å². The van der Waals surface area contributed by atoms with E-state index in [0.29, 0.717) is 27.2 Å². The first-order valence-corrected chi connectivity index (χ1v) is 10.8. The number of anilines is 2. The second-order valence-corrected chi connectivity index (χ2v) is 8.68. The topological polar surface area (TPSA) is 115 Å². The monoisotopic (exact) mass is 456 g/mol. The number of para-hydroxylation sites is 2. The van der Waals surface area contributed by atoms with Crippen molar-refractivity contribution < 1.29 is 19.2 Å². The molecular formula is C20H16N4O5S2. The molecule has 11 heteroatoms. The van der Waals surface area contributed by atoms with Crippen molar-refractivity contribution in [2.45, 2.75) is 16.2 Å². The van der Waals surface area contributed by atoms with Crippen molar-refractivity contribution >= 4 is 52.2 Å². The van der Waals surface area contributed by atoms with Crippen molar-refractivity contribution in [3.05, 3.63) is 69.2 Å². The summed E-state index contributed by atoms with van der Waals surface area (Å²) in [5.41, 5.74) is 1.70. The molecule has 1 aliphatic rings. The fraction of sp³-hybridized carbons (Fsp3) is 0.150. The van der Waals surface area contributed by atoms with Gasteiger partial charge in [-0.2, -0.15) is 0 Å². The maximum Gasteiger partial charge on any atom is 0.414 e. The van der Waals surface area contributed by atoms with Crippen molar-refractivity contribution in [2.24, 2.45) is 0 Å². The van der Waals surface area contributed by atoms with Crippen LogP contribution in [-0.2, 0) is 4.74 Å². The summed E-state index contributed by atoms with van der Waals surface area (Å²) in [6.45, 7) is 2.49. The van der Waals surface area contributed by atoms with E-state index in [9.17, 15) is 19.7 Å². The number of aryl methyl sites for hydroxylation is 1. The van der Waals surface area contributed by atoms with Gasteiger partial charge >= 0.3 is 6.09 Å². The summed E-state index contributed by atoms with van der Waals surface area (Å²) in [4.78, 5) is 41.9. The van der Waals surface area contributed by atoms with Crippen LogP contribution in [0.1, 0.15) is 16.1 Å². The number of cyclic esters (lactones) is 1. The van der Waals surface area contributed by atoms with Crippen LogP contribution in [0.3, 0.4) is 0 Å². The first-order chi connectivity index (χ1) is 14.9. The van der Waals surface area contributed by atoms with Crippen LogP contribution >= 0.6 is 23.1 Å². The van der Waals surface area contributed by atoms with Crippen molar-refractivity contribution in [3.63, 3.8) is 0 Å². The number of ether oxygens (including phenoxy) is 1. The smallest absolute Gasteiger partial charge is 0.414 e. The van der Waals surface area contributed by atoms with Crippen LogP contribution in [0.2, 0.25) is 0 Å². The third kappa shape index (κ3) is 4.52. The summed E-state index contributed by atoms with van der Waals surface area (Å²) < 4.78 is 5.65. The van der Waals surface area contributed by atoms with Crippen molar-refractivity contribution in [1.82, 2.24) is 4.98 Å². The highest BCUT2D eigenvalue weighted by molar-refractivity contribution is 8.01. The normalized spacial score (nSPS) is 13.2. The number of carbonyl (C=O) groups excluding carboxylic acids is 2. The van der Waals surface area contributed by atoms with Gasteiger partial charge in [-0.3, -0.25) is 19.8 Å². The molecule has 158 valence electrons. The number of carbonyl (C=O) groups is 2. The second-order valence-electron chi connectivity index (χ2n) is 6.53. The number of rotatable bonds is 6. The van der Waals surface area contributed by atoms with Gasteiger partial charge < -0.3 is 10.1 Å². The number of hydrogen-bond acceptors (Lipinski definition) is 8. The third-order valence-corrected chi connectivity index (χ3v) is 6.54. The van der Waals surface area contributed by atoms with Gasteiger partial charge in [0, 0.05) is 22.7 Å². The fourth-order valence-corrected chi connectivity index (χ4v) is 4.86. The number of nitrogens with one attached hydrogen (secondary N) is 1. The van der Waals surface area contributed by atoms with E-state index in [2.05, 4.69) is 10.3 Å². The predicted octanol–water partition coefficient (Wildman–Crippen LogP) is 4.72. The van der Waals surface area contributed by atoms with Gasteiger partial charge in [0.05, 0.1) is 27.7 Å². The number of thiazole rings is 1. The largest absolute Gasteiger partial charge is 0.447 e. The molecule has 1 fully saturated rings. The number of nitro benzene ring substituents is 1. The van der Waals surface area contributed by atoms with E-state index in [4.69, 9.17) is 4.74 Å². The number of benzene rings is 2. The van der Waals surface area contributed by atoms with E-state index in [-0.39, 0.29) is 17.9 Å². The Labute approximate surface area is 185 Å². The van der Waals surface area contributed by atoms with E-state index in [0.717, 1.165) is 5.69 Å². The predicted molar refractivity (Wildman–Crippen MR) is 117 cm³/mol. The van der Waals surface area contributed by atoms with E-state index in [1.54, 1.807) is 24.3 Å². The summed E-state index contributed by atoms with van der Waals surface area (Å²) in [7, 11) is 0. The average molecular weight is 457 g/mol. The van der Waals surface area contributed by atoms with Gasteiger partial charge in [-0.05, 0) is 31.2 Å². The standard InChI is InChI=1S/C20H16N4O5S2/c1-12-11-30-19(21-12)31-17-7-6-13(10-16(17)24(27)28)18(25)22-14-4-2-3-5-15(14)23-8-9-29-20(23)26/h2-7,10-11H,8-9H2,1H3,(H,22,25). The van der Waals surface area contributed by atoms with Crippen molar-refractivity contribution in [3.8, 4) is 0 Å². The zero-order chi connectivity index (χ0) is 22.0. The van der Waals surface area contributed by atoms with Crippen LogP contribution in [-0.4, -0.2) is 35.1 Å². The zero-order valence-corrected chi connectivity index (χ0v) is 17.9. The molecule has 1 saturated heterocycles. The Balaban J connectivity index is 1.59. The molecule has 2 heterocycles. The molecule has 0 spiro atoms. The van der Waals surface area contributed by atoms with Crippen LogP contribution in [0.5, 0.6) is 0 Å². The van der Waals surface area contributed by atoms with Crippen molar-refractivity contribution in [1.29, 1.82) is 0 Å². The van der Waals surface area contributed by atoms with Crippen LogP contribution < -0.4 is 10.2 Å². The molecule has 1 aliphatic heterocycles. The molecule has 4 rings (SSSR count). The Bertz CT molecular complexity index is 1180. The second kappa shape index (κ2) is 8.74. The Morgan fingerprint density at radius 3 is 2.81 bits per heavy atom. The highest BCUT2D eigenvalue weighted by Gasteiger charge is 2.26. The highest BCUT2D eigenvalue weighted by atomic mass is 32.2. The summed E-state index contributed by atoms with van der Waals surface area (Å²) >= 11 is 2.58. The fourth-order valence-electron chi connectivity index (χ4n) is 2.98. The lowest BCUT2D eigenvalue weighted by atomic mass is 10.1. The van der Waals surface area contributed by atoms with Gasteiger partial charge in [0.25, 0.3) is 11.6 Å². The van der Waals surface area contributed by atoms with Gasteiger partial charge in [-0.15, -0.1) is 11.3 Å². The Kier molecular flexibility index (Phi) is 5.87. The first kappa shape index (κ1) is 20.8. The van der Waals surface area contributed by atoms with Crippen molar-refractivity contribution in [2.75, 3.05) is 23.4 Å². The Morgan fingerprint density at radius 1 is 1.32 bits per heavy atom. The number of amides is 2. The van der Waals surface area contributed by atoms with E-state index in [1.807, 2.05) is 12.3 Å².